The predicted octanol–water partition coefficient (Wildman–Crippen LogP) is 1.66. The van der Waals surface area contributed by atoms with Crippen LogP contribution >= 0.6 is 0 Å². The Morgan fingerprint density at radius 3 is 2.25 bits per heavy atom. The summed E-state index contributed by atoms with van der Waals surface area (Å²) in [5, 5.41) is 8.77. The zero-order valence-corrected chi connectivity index (χ0v) is 7.59. The van der Waals surface area contributed by atoms with Gasteiger partial charge in [0.15, 0.2) is 0 Å². The second kappa shape index (κ2) is 2.47. The third-order valence-corrected chi connectivity index (χ3v) is 3.48. The van der Waals surface area contributed by atoms with Gasteiger partial charge in [-0.3, -0.25) is 0 Å². The first-order chi connectivity index (χ1) is 5.61. The smallest absolute Gasteiger partial charge is 0.0655 e. The Labute approximate surface area is 73.7 Å². The summed E-state index contributed by atoms with van der Waals surface area (Å²) in [6, 6.07) is 2.38. The van der Waals surface area contributed by atoms with Crippen molar-refractivity contribution in [3.05, 3.63) is 0 Å². The van der Waals surface area contributed by atoms with E-state index in [0.717, 1.165) is 37.5 Å². The van der Waals surface area contributed by atoms with Crippen molar-refractivity contribution < 1.29 is 0 Å². The summed E-state index contributed by atoms with van der Waals surface area (Å²) in [6.45, 7) is 2.15. The van der Waals surface area contributed by atoms with Crippen molar-refractivity contribution in [3.63, 3.8) is 0 Å². The van der Waals surface area contributed by atoms with E-state index in [0.29, 0.717) is 5.92 Å². The second-order valence-corrected chi connectivity index (χ2v) is 4.88. The van der Waals surface area contributed by atoms with Crippen LogP contribution in [0.25, 0.3) is 0 Å². The number of nitrogens with zero attached hydrogens (tertiary/aromatic N) is 1. The first-order valence-electron chi connectivity index (χ1n) is 4.79. The fourth-order valence-corrected chi connectivity index (χ4v) is 3.10. The van der Waals surface area contributed by atoms with Crippen molar-refractivity contribution >= 4 is 0 Å². The predicted molar refractivity (Wildman–Crippen MR) is 47.1 cm³/mol. The summed E-state index contributed by atoms with van der Waals surface area (Å²) in [5.41, 5.74) is 6.14. The maximum Gasteiger partial charge on any atom is 0.0655 e. The van der Waals surface area contributed by atoms with Crippen LogP contribution in [0.4, 0.5) is 0 Å². The lowest BCUT2D eigenvalue weighted by atomic mass is 9.95. The topological polar surface area (TPSA) is 49.8 Å². The molecule has 2 saturated carbocycles. The normalized spacial score (nSPS) is 51.9. The van der Waals surface area contributed by atoms with Crippen LogP contribution < -0.4 is 5.73 Å². The molecule has 0 spiro atoms. The molecular formula is C10H16N2. The van der Waals surface area contributed by atoms with E-state index >= 15 is 0 Å². The molecule has 2 aliphatic rings. The van der Waals surface area contributed by atoms with Gasteiger partial charge in [0.25, 0.3) is 0 Å². The lowest BCUT2D eigenvalue weighted by Crippen LogP contribution is -2.33. The van der Waals surface area contributed by atoms with Gasteiger partial charge in [-0.05, 0) is 44.4 Å². The molecule has 0 aromatic carbocycles. The van der Waals surface area contributed by atoms with E-state index < -0.39 is 0 Å². The van der Waals surface area contributed by atoms with E-state index in [1.165, 1.54) is 0 Å². The van der Waals surface area contributed by atoms with E-state index in [1.807, 2.05) is 0 Å². The van der Waals surface area contributed by atoms with Gasteiger partial charge in [0.1, 0.15) is 0 Å². The molecule has 0 radical (unpaired) electrons. The highest BCUT2D eigenvalue weighted by atomic mass is 14.8. The lowest BCUT2D eigenvalue weighted by molar-refractivity contribution is 0.423. The molecule has 0 amide bonds. The van der Waals surface area contributed by atoms with E-state index in [9.17, 15) is 0 Å². The Balaban J connectivity index is 2.03. The van der Waals surface area contributed by atoms with Crippen LogP contribution in [0.1, 0.15) is 32.6 Å². The molecule has 0 saturated heterocycles. The highest BCUT2D eigenvalue weighted by Crippen LogP contribution is 2.49. The van der Waals surface area contributed by atoms with Crippen LogP contribution in [0.5, 0.6) is 0 Å². The summed E-state index contributed by atoms with van der Waals surface area (Å²) in [6.07, 6.45) is 4.48. The number of rotatable bonds is 0. The summed E-state index contributed by atoms with van der Waals surface area (Å²) in [7, 11) is 0. The summed E-state index contributed by atoms with van der Waals surface area (Å²) in [5.74, 6) is 1.84. The average molecular weight is 164 g/mol. The first kappa shape index (κ1) is 8.07. The third-order valence-electron chi connectivity index (χ3n) is 3.48. The largest absolute Gasteiger partial charge is 0.325 e. The minimum absolute atomic E-state index is 0.0652. The van der Waals surface area contributed by atoms with Crippen LogP contribution in [-0.2, 0) is 0 Å². The first-order valence-corrected chi connectivity index (χ1v) is 4.79. The number of nitrogens with two attached hydrogens (primary N) is 1. The van der Waals surface area contributed by atoms with Crippen molar-refractivity contribution in [2.45, 2.75) is 38.1 Å². The summed E-state index contributed by atoms with van der Waals surface area (Å²) >= 11 is 0. The van der Waals surface area contributed by atoms with Crippen LogP contribution in [0, 0.1) is 29.1 Å². The highest BCUT2D eigenvalue weighted by Gasteiger charge is 2.45. The summed E-state index contributed by atoms with van der Waals surface area (Å²) in [4.78, 5) is 0. The molecular weight excluding hydrogens is 148 g/mol. The molecule has 2 heteroatoms. The fourth-order valence-electron chi connectivity index (χ4n) is 3.10. The fraction of sp³-hybridized carbons (Fsp3) is 0.900. The molecule has 0 aliphatic heterocycles. The molecule has 1 unspecified atom stereocenters. The van der Waals surface area contributed by atoms with E-state index in [2.05, 4.69) is 13.0 Å². The van der Waals surface area contributed by atoms with Gasteiger partial charge in [0, 0.05) is 11.5 Å². The Morgan fingerprint density at radius 2 is 1.83 bits per heavy atom. The molecule has 0 aromatic rings. The molecule has 0 bridgehead atoms. The van der Waals surface area contributed by atoms with Crippen LogP contribution in [0.3, 0.4) is 0 Å². The van der Waals surface area contributed by atoms with Crippen LogP contribution in [-0.4, -0.2) is 5.54 Å². The standard InChI is InChI=1S/C10H16N2/c1-10(12)4-8-2-7(6-11)3-9(8)5-10/h7-9H,2-5,12H2,1H3/t7?,8-,9+,10-. The highest BCUT2D eigenvalue weighted by molar-refractivity contribution is 5.03. The maximum absolute atomic E-state index is 8.77. The van der Waals surface area contributed by atoms with Crippen LogP contribution in [0.2, 0.25) is 0 Å². The molecule has 2 aliphatic carbocycles. The van der Waals surface area contributed by atoms with Gasteiger partial charge < -0.3 is 5.73 Å². The molecule has 66 valence electrons. The second-order valence-electron chi connectivity index (χ2n) is 4.88. The SMILES string of the molecule is C[C@@]1(N)C[C@H]2CC(C#N)C[C@H]2C1. The van der Waals surface area contributed by atoms with Crippen molar-refractivity contribution in [3.8, 4) is 6.07 Å². The number of hydrogen-bond donors (Lipinski definition) is 1. The molecule has 12 heavy (non-hydrogen) atoms. The van der Waals surface area contributed by atoms with Gasteiger partial charge in [-0.2, -0.15) is 5.26 Å². The number of fused-ring (bicyclic) bond motifs is 1. The van der Waals surface area contributed by atoms with Gasteiger partial charge in [-0.1, -0.05) is 0 Å². The maximum atomic E-state index is 8.77. The molecule has 2 nitrogen and oxygen atoms in total. The minimum atomic E-state index is 0.0652. The zero-order valence-electron chi connectivity index (χ0n) is 7.59. The monoisotopic (exact) mass is 164 g/mol. The van der Waals surface area contributed by atoms with Gasteiger partial charge in [0.2, 0.25) is 0 Å². The quantitative estimate of drug-likeness (QED) is 0.592. The third kappa shape index (κ3) is 1.23. The summed E-state index contributed by atoms with van der Waals surface area (Å²) < 4.78 is 0. The molecule has 2 rings (SSSR count). The Hall–Kier alpha value is -0.550. The molecule has 4 atom stereocenters. The van der Waals surface area contributed by atoms with Gasteiger partial charge in [-0.25, -0.2) is 0 Å². The van der Waals surface area contributed by atoms with Crippen molar-refractivity contribution in [1.29, 1.82) is 5.26 Å². The Bertz CT molecular complexity index is 210. The van der Waals surface area contributed by atoms with Gasteiger partial charge >= 0.3 is 0 Å². The van der Waals surface area contributed by atoms with Crippen molar-refractivity contribution in [2.75, 3.05) is 0 Å². The van der Waals surface area contributed by atoms with Gasteiger partial charge in [0.05, 0.1) is 6.07 Å². The van der Waals surface area contributed by atoms with Gasteiger partial charge in [-0.15, -0.1) is 0 Å². The molecule has 2 N–H and O–H groups in total. The van der Waals surface area contributed by atoms with Crippen LogP contribution in [0.15, 0.2) is 0 Å². The van der Waals surface area contributed by atoms with E-state index in [1.54, 1.807) is 0 Å². The Kier molecular flexibility index (Phi) is 1.66. The number of hydrogen-bond acceptors (Lipinski definition) is 2. The minimum Gasteiger partial charge on any atom is -0.325 e. The lowest BCUT2D eigenvalue weighted by Gasteiger charge is -2.18. The zero-order chi connectivity index (χ0) is 8.77. The van der Waals surface area contributed by atoms with Crippen molar-refractivity contribution in [1.82, 2.24) is 0 Å². The molecule has 2 fully saturated rings. The Morgan fingerprint density at radius 1 is 1.33 bits per heavy atom. The van der Waals surface area contributed by atoms with E-state index in [-0.39, 0.29) is 5.54 Å². The molecule has 0 heterocycles. The van der Waals surface area contributed by atoms with Crippen molar-refractivity contribution in [2.24, 2.45) is 23.5 Å². The van der Waals surface area contributed by atoms with E-state index in [4.69, 9.17) is 11.0 Å². The number of nitriles is 1. The average Bonchev–Trinajstić information content (AvgIpc) is 2.40. The molecule has 0 aromatic heterocycles.